The lowest BCUT2D eigenvalue weighted by Gasteiger charge is -2.18. The summed E-state index contributed by atoms with van der Waals surface area (Å²) in [5.41, 5.74) is 4.42. The summed E-state index contributed by atoms with van der Waals surface area (Å²) < 4.78 is 5.20. The van der Waals surface area contributed by atoms with Crippen LogP contribution in [0, 0.1) is 0 Å². The fourth-order valence-corrected chi connectivity index (χ4v) is 2.89. The summed E-state index contributed by atoms with van der Waals surface area (Å²) in [6, 6.07) is 15.9. The second-order valence-electron chi connectivity index (χ2n) is 5.33. The Bertz CT molecular complexity index is 714. The molecule has 0 heterocycles. The first-order valence-corrected chi connectivity index (χ1v) is 7.17. The van der Waals surface area contributed by atoms with Crippen molar-refractivity contribution in [3.63, 3.8) is 0 Å². The van der Waals surface area contributed by atoms with E-state index >= 15 is 0 Å². The van der Waals surface area contributed by atoms with Crippen LogP contribution in [0.5, 0.6) is 0 Å². The molecule has 0 saturated carbocycles. The molecule has 2 aromatic rings. The zero-order chi connectivity index (χ0) is 16.4. The van der Waals surface area contributed by atoms with Crippen LogP contribution in [0.4, 0.5) is 4.79 Å². The molecular formula is C17H16N2O4. The molecule has 0 bridgehead atoms. The number of hydrogen-bond donors (Lipinski definition) is 2. The van der Waals surface area contributed by atoms with E-state index in [1.54, 1.807) is 0 Å². The van der Waals surface area contributed by atoms with Crippen LogP contribution in [-0.2, 0) is 9.53 Å². The van der Waals surface area contributed by atoms with Crippen molar-refractivity contribution < 1.29 is 19.4 Å². The minimum atomic E-state index is -1.19. The van der Waals surface area contributed by atoms with Gasteiger partial charge in [-0.2, -0.15) is 0 Å². The molecule has 0 aromatic heterocycles. The first-order valence-electron chi connectivity index (χ1n) is 7.17. The van der Waals surface area contributed by atoms with Gasteiger partial charge in [0, 0.05) is 5.92 Å². The van der Waals surface area contributed by atoms with Crippen molar-refractivity contribution in [2.24, 2.45) is 5.84 Å². The average molecular weight is 312 g/mol. The van der Waals surface area contributed by atoms with Crippen LogP contribution in [0.1, 0.15) is 17.0 Å². The standard InChI is InChI=1S/C17H16N2O4/c18-19(9-16(20)21)17(22)23-10-15-13-7-3-1-5-11(13)12-6-2-4-8-14(12)15/h1-8,15H,9-10,18H2,(H,20,21). The second kappa shape index (κ2) is 6.10. The average Bonchev–Trinajstić information content (AvgIpc) is 2.86. The third kappa shape index (κ3) is 2.89. The molecule has 3 N–H and O–H groups in total. The number of amides is 1. The number of aliphatic carboxylic acids is 1. The highest BCUT2D eigenvalue weighted by atomic mass is 16.6. The lowest BCUT2D eigenvalue weighted by atomic mass is 9.98. The van der Waals surface area contributed by atoms with Crippen LogP contribution in [0.2, 0.25) is 0 Å². The number of fused-ring (bicyclic) bond motifs is 3. The van der Waals surface area contributed by atoms with Gasteiger partial charge in [0.05, 0.1) is 0 Å². The zero-order valence-corrected chi connectivity index (χ0v) is 12.3. The largest absolute Gasteiger partial charge is 0.480 e. The number of rotatable bonds is 4. The number of benzene rings is 2. The molecule has 6 nitrogen and oxygen atoms in total. The van der Waals surface area contributed by atoms with Crippen LogP contribution in [-0.4, -0.2) is 35.3 Å². The molecule has 0 radical (unpaired) electrons. The SMILES string of the molecule is NN(CC(=O)O)C(=O)OCC1c2ccccc2-c2ccccc21. The number of carbonyl (C=O) groups is 2. The number of carboxylic acid groups (broad SMARTS) is 1. The first kappa shape index (κ1) is 15.1. The quantitative estimate of drug-likeness (QED) is 0.513. The second-order valence-corrected chi connectivity index (χ2v) is 5.33. The van der Waals surface area contributed by atoms with Crippen LogP contribution >= 0.6 is 0 Å². The van der Waals surface area contributed by atoms with Crippen molar-refractivity contribution in [1.82, 2.24) is 5.01 Å². The smallest absolute Gasteiger partial charge is 0.424 e. The number of nitrogens with two attached hydrogens (primary N) is 1. The lowest BCUT2D eigenvalue weighted by Crippen LogP contribution is -2.41. The monoisotopic (exact) mass is 312 g/mol. The van der Waals surface area contributed by atoms with Gasteiger partial charge in [-0.25, -0.2) is 15.6 Å². The van der Waals surface area contributed by atoms with Crippen molar-refractivity contribution in [3.8, 4) is 11.1 Å². The maximum absolute atomic E-state index is 11.8. The summed E-state index contributed by atoms with van der Waals surface area (Å²) in [6.45, 7) is -0.489. The molecule has 3 rings (SSSR count). The molecule has 6 heteroatoms. The topological polar surface area (TPSA) is 92.9 Å². The van der Waals surface area contributed by atoms with E-state index in [0.717, 1.165) is 22.3 Å². The molecule has 0 aliphatic heterocycles. The molecule has 1 amide bonds. The Kier molecular flexibility index (Phi) is 3.99. The summed E-state index contributed by atoms with van der Waals surface area (Å²) in [5.74, 6) is 4.10. The minimum Gasteiger partial charge on any atom is -0.480 e. The van der Waals surface area contributed by atoms with E-state index in [-0.39, 0.29) is 12.5 Å². The number of ether oxygens (including phenoxy) is 1. The maximum Gasteiger partial charge on any atom is 0.424 e. The van der Waals surface area contributed by atoms with E-state index in [9.17, 15) is 9.59 Å². The summed E-state index contributed by atoms with van der Waals surface area (Å²) in [6.07, 6.45) is -0.853. The van der Waals surface area contributed by atoms with Crippen molar-refractivity contribution in [1.29, 1.82) is 0 Å². The Labute approximate surface area is 133 Å². The summed E-state index contributed by atoms with van der Waals surface area (Å²) in [5, 5.41) is 9.19. The fourth-order valence-electron chi connectivity index (χ4n) is 2.89. The molecule has 0 spiro atoms. The molecule has 0 atom stereocenters. The van der Waals surface area contributed by atoms with E-state index in [1.807, 2.05) is 48.5 Å². The van der Waals surface area contributed by atoms with Gasteiger partial charge in [0.2, 0.25) is 0 Å². The summed E-state index contributed by atoms with van der Waals surface area (Å²) >= 11 is 0. The van der Waals surface area contributed by atoms with Crippen LogP contribution in [0.3, 0.4) is 0 Å². The maximum atomic E-state index is 11.8. The molecule has 1 aliphatic carbocycles. The van der Waals surface area contributed by atoms with Crippen molar-refractivity contribution in [2.45, 2.75) is 5.92 Å². The normalized spacial score (nSPS) is 12.4. The number of hydrogen-bond acceptors (Lipinski definition) is 4. The Morgan fingerprint density at radius 1 is 1.04 bits per heavy atom. The van der Waals surface area contributed by atoms with Crippen molar-refractivity contribution in [2.75, 3.05) is 13.2 Å². The molecule has 118 valence electrons. The third-order valence-electron chi connectivity index (χ3n) is 3.88. The van der Waals surface area contributed by atoms with Gasteiger partial charge in [0.1, 0.15) is 13.2 Å². The highest BCUT2D eigenvalue weighted by molar-refractivity contribution is 5.79. The third-order valence-corrected chi connectivity index (χ3v) is 3.88. The lowest BCUT2D eigenvalue weighted by molar-refractivity contribution is -0.138. The minimum absolute atomic E-state index is 0.0791. The molecule has 0 unspecified atom stereocenters. The molecular weight excluding hydrogens is 296 g/mol. The van der Waals surface area contributed by atoms with Gasteiger partial charge in [0.25, 0.3) is 0 Å². The van der Waals surface area contributed by atoms with Crippen molar-refractivity contribution >= 4 is 12.1 Å². The van der Waals surface area contributed by atoms with E-state index in [2.05, 4.69) is 0 Å². The van der Waals surface area contributed by atoms with Gasteiger partial charge in [-0.15, -0.1) is 0 Å². The van der Waals surface area contributed by atoms with Crippen LogP contribution < -0.4 is 5.84 Å². The van der Waals surface area contributed by atoms with Crippen LogP contribution in [0.15, 0.2) is 48.5 Å². The molecule has 0 saturated heterocycles. The number of carboxylic acids is 1. The number of nitrogens with zero attached hydrogens (tertiary/aromatic N) is 1. The Morgan fingerprint density at radius 3 is 2.09 bits per heavy atom. The molecule has 23 heavy (non-hydrogen) atoms. The number of carbonyl (C=O) groups excluding carboxylic acids is 1. The van der Waals surface area contributed by atoms with E-state index < -0.39 is 18.6 Å². The highest BCUT2D eigenvalue weighted by Crippen LogP contribution is 2.44. The predicted octanol–water partition coefficient (Wildman–Crippen LogP) is 2.20. The first-order chi connectivity index (χ1) is 11.1. The molecule has 0 fully saturated rings. The van der Waals surface area contributed by atoms with E-state index in [1.165, 1.54) is 0 Å². The summed E-state index contributed by atoms with van der Waals surface area (Å²) in [4.78, 5) is 22.3. The van der Waals surface area contributed by atoms with E-state index in [0.29, 0.717) is 5.01 Å². The van der Waals surface area contributed by atoms with Gasteiger partial charge >= 0.3 is 12.1 Å². The van der Waals surface area contributed by atoms with E-state index in [4.69, 9.17) is 15.7 Å². The summed E-state index contributed by atoms with van der Waals surface area (Å²) in [7, 11) is 0. The number of hydrazine groups is 1. The predicted molar refractivity (Wildman–Crippen MR) is 83.6 cm³/mol. The highest BCUT2D eigenvalue weighted by Gasteiger charge is 2.29. The van der Waals surface area contributed by atoms with Crippen molar-refractivity contribution in [3.05, 3.63) is 59.7 Å². The van der Waals surface area contributed by atoms with Gasteiger partial charge in [-0.05, 0) is 22.3 Å². The Hall–Kier alpha value is -2.86. The van der Waals surface area contributed by atoms with Gasteiger partial charge in [-0.3, -0.25) is 4.79 Å². The van der Waals surface area contributed by atoms with Gasteiger partial charge in [-0.1, -0.05) is 48.5 Å². The molecule has 1 aliphatic rings. The van der Waals surface area contributed by atoms with Gasteiger partial charge < -0.3 is 9.84 Å². The zero-order valence-electron chi connectivity index (χ0n) is 12.3. The molecule has 2 aromatic carbocycles. The Balaban J connectivity index is 1.78. The van der Waals surface area contributed by atoms with Crippen LogP contribution in [0.25, 0.3) is 11.1 Å². The fraction of sp³-hybridized carbons (Fsp3) is 0.176. The van der Waals surface area contributed by atoms with Gasteiger partial charge in [0.15, 0.2) is 0 Å². The Morgan fingerprint density at radius 2 is 1.57 bits per heavy atom.